The van der Waals surface area contributed by atoms with Crippen LogP contribution in [0, 0.1) is 0 Å². The molecular weight excluding hydrogens is 641 g/mol. The number of aliphatic hydroxyl groups is 1. The molecule has 2 heterocycles. The van der Waals surface area contributed by atoms with Crippen molar-refractivity contribution in [2.24, 2.45) is 0 Å². The summed E-state index contributed by atoms with van der Waals surface area (Å²) < 4.78 is 5.50. The average Bonchev–Trinajstić information content (AvgIpc) is 3.41. The molecule has 10 nitrogen and oxygen atoms in total. The molecule has 47 heavy (non-hydrogen) atoms. The molecule has 0 saturated carbocycles. The van der Waals surface area contributed by atoms with Gasteiger partial charge < -0.3 is 25.0 Å². The average molecular weight is 677 g/mol. The number of benzene rings is 4. The summed E-state index contributed by atoms with van der Waals surface area (Å²) in [6.45, 7) is 0.816. The number of fused-ring (bicyclic) bond motifs is 2. The quantitative estimate of drug-likeness (QED) is 0.253. The van der Waals surface area contributed by atoms with E-state index in [9.17, 15) is 14.4 Å². The molecule has 4 amide bonds. The van der Waals surface area contributed by atoms with E-state index >= 15 is 0 Å². The van der Waals surface area contributed by atoms with Crippen molar-refractivity contribution in [2.45, 2.75) is 31.7 Å². The first-order valence-electron chi connectivity index (χ1n) is 15.3. The van der Waals surface area contributed by atoms with E-state index in [1.165, 1.54) is 5.01 Å². The van der Waals surface area contributed by atoms with Crippen LogP contribution in [0.2, 0.25) is 10.0 Å². The Bertz CT molecular complexity index is 1780. The monoisotopic (exact) mass is 675 g/mol. The summed E-state index contributed by atoms with van der Waals surface area (Å²) in [7, 11) is 1.62. The highest BCUT2D eigenvalue weighted by Crippen LogP contribution is 2.31. The number of ether oxygens (including phenoxy) is 1. The van der Waals surface area contributed by atoms with Gasteiger partial charge in [-0.15, -0.1) is 0 Å². The molecular formula is C35H35Cl2N5O5. The maximum absolute atomic E-state index is 14.2. The minimum Gasteiger partial charge on any atom is -0.491 e. The zero-order valence-corrected chi connectivity index (χ0v) is 27.3. The number of rotatable bonds is 10. The maximum Gasteiger partial charge on any atom is 0.332 e. The topological polar surface area (TPSA) is 106 Å². The summed E-state index contributed by atoms with van der Waals surface area (Å²) in [5.74, 6) is 0.215. The second-order valence-corrected chi connectivity index (χ2v) is 12.4. The van der Waals surface area contributed by atoms with Gasteiger partial charge in [-0.1, -0.05) is 83.9 Å². The van der Waals surface area contributed by atoms with Gasteiger partial charge in [0.1, 0.15) is 24.6 Å². The van der Waals surface area contributed by atoms with Gasteiger partial charge >= 0.3 is 6.03 Å². The molecule has 2 fully saturated rings. The van der Waals surface area contributed by atoms with Crippen LogP contribution in [0.15, 0.2) is 84.9 Å². The van der Waals surface area contributed by atoms with Crippen molar-refractivity contribution in [1.82, 2.24) is 25.1 Å². The Morgan fingerprint density at radius 1 is 0.979 bits per heavy atom. The fourth-order valence-corrected chi connectivity index (χ4v) is 6.57. The standard InChI is InChI=1S/C35H35Cl2N5O5/c1-39(35(46)38-19-24-11-14-29(36)30(37)17-24)41-22-33(44)42-31(18-23-9-12-27(13-10-23)47-16-15-43)34(45)40(21-32(41)42)20-26-7-4-6-25-5-2-3-8-28(25)26/h2-14,17,31-32,43H,15-16,18-22H2,1H3,(H,38,46)/t31-,32+/m0/s1. The second-order valence-electron chi connectivity index (χ2n) is 11.6. The maximum atomic E-state index is 14.2. The predicted molar refractivity (Wildman–Crippen MR) is 180 cm³/mol. The van der Waals surface area contributed by atoms with Crippen LogP contribution in [0.4, 0.5) is 4.79 Å². The second kappa shape index (κ2) is 14.2. The number of halogens is 2. The molecule has 6 rings (SSSR count). The highest BCUT2D eigenvalue weighted by molar-refractivity contribution is 6.42. The van der Waals surface area contributed by atoms with Crippen molar-refractivity contribution in [3.05, 3.63) is 112 Å². The Labute approximate surface area is 283 Å². The number of carbonyl (C=O) groups excluding carboxylic acids is 3. The molecule has 2 N–H and O–H groups in total. The van der Waals surface area contributed by atoms with E-state index in [-0.39, 0.29) is 51.1 Å². The minimum absolute atomic E-state index is 0.0544. The number of aliphatic hydroxyl groups excluding tert-OH is 1. The lowest BCUT2D eigenvalue weighted by Gasteiger charge is -2.46. The Morgan fingerprint density at radius 3 is 2.49 bits per heavy atom. The highest BCUT2D eigenvalue weighted by Gasteiger charge is 2.51. The first kappa shape index (κ1) is 32.6. The molecule has 4 aromatic rings. The summed E-state index contributed by atoms with van der Waals surface area (Å²) in [5.41, 5.74) is 2.62. The number of hydrogen-bond donors (Lipinski definition) is 2. The smallest absolute Gasteiger partial charge is 0.332 e. The number of nitrogens with zero attached hydrogens (tertiary/aromatic N) is 4. The Kier molecular flexibility index (Phi) is 9.84. The molecule has 0 bridgehead atoms. The van der Waals surface area contributed by atoms with E-state index < -0.39 is 18.2 Å². The molecule has 0 aromatic heterocycles. The van der Waals surface area contributed by atoms with E-state index in [1.807, 2.05) is 54.6 Å². The van der Waals surface area contributed by atoms with Crippen LogP contribution < -0.4 is 10.1 Å². The van der Waals surface area contributed by atoms with Gasteiger partial charge in [0.15, 0.2) is 0 Å². The van der Waals surface area contributed by atoms with E-state index in [0.717, 1.165) is 27.5 Å². The van der Waals surface area contributed by atoms with Crippen molar-refractivity contribution in [1.29, 1.82) is 0 Å². The number of amides is 4. The van der Waals surface area contributed by atoms with Crippen LogP contribution in [-0.4, -0.2) is 88.3 Å². The highest BCUT2D eigenvalue weighted by atomic mass is 35.5. The van der Waals surface area contributed by atoms with Crippen LogP contribution in [0.5, 0.6) is 5.75 Å². The van der Waals surface area contributed by atoms with Gasteiger partial charge in [-0.2, -0.15) is 5.01 Å². The third-order valence-corrected chi connectivity index (χ3v) is 9.37. The first-order chi connectivity index (χ1) is 22.7. The summed E-state index contributed by atoms with van der Waals surface area (Å²) >= 11 is 12.2. The van der Waals surface area contributed by atoms with Crippen molar-refractivity contribution in [3.8, 4) is 5.75 Å². The number of carbonyl (C=O) groups is 3. The molecule has 0 spiro atoms. The third-order valence-electron chi connectivity index (χ3n) is 8.63. The third kappa shape index (κ3) is 7.01. The number of piperazine rings is 1. The number of urea groups is 1. The van der Waals surface area contributed by atoms with Crippen LogP contribution in [-0.2, 0) is 29.1 Å². The lowest BCUT2D eigenvalue weighted by atomic mass is 9.99. The number of hydrazine groups is 1. The van der Waals surface area contributed by atoms with Crippen molar-refractivity contribution in [3.63, 3.8) is 0 Å². The van der Waals surface area contributed by atoms with E-state index in [2.05, 4.69) is 5.32 Å². The molecule has 2 aliphatic heterocycles. The SMILES string of the molecule is CN(C(=O)NCc1ccc(Cl)c(Cl)c1)N1CC(=O)N2[C@@H](Cc3ccc(OCCO)cc3)C(=O)N(Cc3cccc4ccccc34)C[C@@H]21. The summed E-state index contributed by atoms with van der Waals surface area (Å²) in [4.78, 5) is 44.7. The zero-order valence-electron chi connectivity index (χ0n) is 25.8. The fourth-order valence-electron chi connectivity index (χ4n) is 6.25. The van der Waals surface area contributed by atoms with Crippen LogP contribution in [0.3, 0.4) is 0 Å². The molecule has 0 aliphatic carbocycles. The van der Waals surface area contributed by atoms with E-state index in [0.29, 0.717) is 22.3 Å². The molecule has 244 valence electrons. The van der Waals surface area contributed by atoms with E-state index in [1.54, 1.807) is 52.2 Å². The lowest BCUT2D eigenvalue weighted by Crippen LogP contribution is -2.65. The molecule has 2 aliphatic rings. The normalized spacial score (nSPS) is 18.0. The van der Waals surface area contributed by atoms with Gasteiger partial charge in [0, 0.05) is 26.6 Å². The van der Waals surface area contributed by atoms with Gasteiger partial charge in [0.2, 0.25) is 11.8 Å². The summed E-state index contributed by atoms with van der Waals surface area (Å²) in [6, 6.07) is 25.3. The summed E-state index contributed by atoms with van der Waals surface area (Å²) in [6.07, 6.45) is -0.276. The van der Waals surface area contributed by atoms with Gasteiger partial charge in [-0.25, -0.2) is 4.79 Å². The molecule has 2 atom stereocenters. The van der Waals surface area contributed by atoms with Crippen molar-refractivity contribution < 1.29 is 24.2 Å². The molecule has 0 unspecified atom stereocenters. The number of nitrogens with one attached hydrogen (secondary N) is 1. The number of hydrogen-bond acceptors (Lipinski definition) is 6. The van der Waals surface area contributed by atoms with Crippen molar-refractivity contribution in [2.75, 3.05) is 33.4 Å². The van der Waals surface area contributed by atoms with Gasteiger partial charge in [-0.05, 0) is 51.7 Å². The van der Waals surface area contributed by atoms with Crippen LogP contribution >= 0.6 is 23.2 Å². The Hall–Kier alpha value is -4.35. The minimum atomic E-state index is -0.780. The van der Waals surface area contributed by atoms with Crippen LogP contribution in [0.25, 0.3) is 10.8 Å². The van der Waals surface area contributed by atoms with Gasteiger partial charge in [0.25, 0.3) is 0 Å². The zero-order chi connectivity index (χ0) is 33.1. The van der Waals surface area contributed by atoms with Gasteiger partial charge in [-0.3, -0.25) is 14.6 Å². The lowest BCUT2D eigenvalue weighted by molar-refractivity contribution is -0.157. The van der Waals surface area contributed by atoms with Crippen molar-refractivity contribution >= 4 is 51.8 Å². The Balaban J connectivity index is 1.26. The Morgan fingerprint density at radius 2 is 1.72 bits per heavy atom. The fraction of sp³-hybridized carbons (Fsp3) is 0.286. The predicted octanol–water partition coefficient (Wildman–Crippen LogP) is 4.70. The summed E-state index contributed by atoms with van der Waals surface area (Å²) in [5, 5.41) is 18.0. The molecule has 2 saturated heterocycles. The molecule has 12 heteroatoms. The van der Waals surface area contributed by atoms with Crippen LogP contribution in [0.1, 0.15) is 16.7 Å². The van der Waals surface area contributed by atoms with E-state index in [4.69, 9.17) is 33.0 Å². The molecule has 4 aromatic carbocycles. The largest absolute Gasteiger partial charge is 0.491 e. The molecule has 0 radical (unpaired) electrons. The first-order valence-corrected chi connectivity index (χ1v) is 16.1. The van der Waals surface area contributed by atoms with Gasteiger partial charge in [0.05, 0.1) is 29.7 Å².